The summed E-state index contributed by atoms with van der Waals surface area (Å²) >= 11 is 0. The first-order chi connectivity index (χ1) is 8.69. The topological polar surface area (TPSA) is 50.4 Å². The van der Waals surface area contributed by atoms with Crippen molar-refractivity contribution in [3.05, 3.63) is 29.3 Å². The molecule has 0 bridgehead atoms. The molecule has 1 aromatic carbocycles. The molecule has 1 saturated heterocycles. The molecule has 2 rings (SSSR count). The molecule has 4 heteroatoms. The van der Waals surface area contributed by atoms with Gasteiger partial charge in [0, 0.05) is 6.54 Å². The van der Waals surface area contributed by atoms with Crippen LogP contribution in [-0.2, 0) is 11.3 Å². The van der Waals surface area contributed by atoms with Crippen molar-refractivity contribution >= 4 is 5.91 Å². The van der Waals surface area contributed by atoms with Gasteiger partial charge in [-0.25, -0.2) is 0 Å². The summed E-state index contributed by atoms with van der Waals surface area (Å²) in [5.74, 6) is 0.922. The van der Waals surface area contributed by atoms with E-state index in [1.165, 1.54) is 0 Å². The fraction of sp³-hybridized carbons (Fsp3) is 0.500. The standard InChI is InChI=1S/C14H20N2O2/c1-10-6-11(8-12(7-10)18-2)9-16-14(17)13-4-3-5-15-13/h6-8,13,15H,3-5,9H2,1-2H3,(H,16,17). The molecule has 98 valence electrons. The Hall–Kier alpha value is -1.55. The Morgan fingerprint density at radius 2 is 2.33 bits per heavy atom. The molecule has 0 radical (unpaired) electrons. The largest absolute Gasteiger partial charge is 0.497 e. The van der Waals surface area contributed by atoms with Crippen LogP contribution in [0.4, 0.5) is 0 Å². The van der Waals surface area contributed by atoms with Crippen LogP contribution in [0.25, 0.3) is 0 Å². The molecule has 18 heavy (non-hydrogen) atoms. The number of hydrogen-bond donors (Lipinski definition) is 2. The second-order valence-electron chi connectivity index (χ2n) is 4.73. The lowest BCUT2D eigenvalue weighted by Gasteiger charge is -2.12. The zero-order valence-corrected chi connectivity index (χ0v) is 11.0. The molecule has 1 aliphatic heterocycles. The summed E-state index contributed by atoms with van der Waals surface area (Å²) in [6, 6.07) is 5.97. The van der Waals surface area contributed by atoms with E-state index in [9.17, 15) is 4.79 Å². The van der Waals surface area contributed by atoms with Crippen LogP contribution in [0.3, 0.4) is 0 Å². The van der Waals surface area contributed by atoms with Crippen molar-refractivity contribution in [2.45, 2.75) is 32.4 Å². The number of aryl methyl sites for hydroxylation is 1. The third-order valence-electron chi connectivity index (χ3n) is 3.19. The highest BCUT2D eigenvalue weighted by atomic mass is 16.5. The number of ether oxygens (including phenoxy) is 1. The molecule has 2 N–H and O–H groups in total. The average Bonchev–Trinajstić information content (AvgIpc) is 2.89. The maximum atomic E-state index is 11.9. The van der Waals surface area contributed by atoms with Crippen LogP contribution in [0.1, 0.15) is 24.0 Å². The molecule has 1 fully saturated rings. The Morgan fingerprint density at radius 1 is 1.50 bits per heavy atom. The van der Waals surface area contributed by atoms with Gasteiger partial charge in [0.25, 0.3) is 0 Å². The quantitative estimate of drug-likeness (QED) is 0.846. The molecule has 1 aliphatic rings. The van der Waals surface area contributed by atoms with E-state index in [-0.39, 0.29) is 11.9 Å². The van der Waals surface area contributed by atoms with Crippen LogP contribution in [-0.4, -0.2) is 25.6 Å². The Bertz CT molecular complexity index is 426. The van der Waals surface area contributed by atoms with E-state index >= 15 is 0 Å². The van der Waals surface area contributed by atoms with E-state index in [4.69, 9.17) is 4.74 Å². The van der Waals surface area contributed by atoms with Crippen molar-refractivity contribution in [2.75, 3.05) is 13.7 Å². The van der Waals surface area contributed by atoms with Gasteiger partial charge in [0.1, 0.15) is 5.75 Å². The van der Waals surface area contributed by atoms with Gasteiger partial charge in [-0.1, -0.05) is 6.07 Å². The fourth-order valence-corrected chi connectivity index (χ4v) is 2.27. The summed E-state index contributed by atoms with van der Waals surface area (Å²) in [5.41, 5.74) is 2.20. The summed E-state index contributed by atoms with van der Waals surface area (Å²) in [6.07, 6.45) is 2.01. The van der Waals surface area contributed by atoms with Crippen molar-refractivity contribution < 1.29 is 9.53 Å². The maximum absolute atomic E-state index is 11.9. The van der Waals surface area contributed by atoms with Crippen molar-refractivity contribution in [2.24, 2.45) is 0 Å². The van der Waals surface area contributed by atoms with E-state index in [2.05, 4.69) is 16.7 Å². The van der Waals surface area contributed by atoms with Crippen molar-refractivity contribution in [1.29, 1.82) is 0 Å². The normalized spacial score (nSPS) is 18.7. The fourth-order valence-electron chi connectivity index (χ4n) is 2.27. The van der Waals surface area contributed by atoms with Crippen molar-refractivity contribution in [3.63, 3.8) is 0 Å². The van der Waals surface area contributed by atoms with Crippen molar-refractivity contribution in [1.82, 2.24) is 10.6 Å². The lowest BCUT2D eigenvalue weighted by molar-refractivity contribution is -0.122. The lowest BCUT2D eigenvalue weighted by atomic mass is 10.1. The predicted octanol–water partition coefficient (Wildman–Crippen LogP) is 1.37. The van der Waals surface area contributed by atoms with Crippen LogP contribution in [0.15, 0.2) is 18.2 Å². The lowest BCUT2D eigenvalue weighted by Crippen LogP contribution is -2.40. The first-order valence-corrected chi connectivity index (χ1v) is 6.34. The zero-order valence-electron chi connectivity index (χ0n) is 11.0. The zero-order chi connectivity index (χ0) is 13.0. The summed E-state index contributed by atoms with van der Waals surface area (Å²) in [6.45, 7) is 3.51. The molecule has 1 unspecified atom stereocenters. The predicted molar refractivity (Wildman–Crippen MR) is 70.6 cm³/mol. The minimum atomic E-state index is -0.0169. The maximum Gasteiger partial charge on any atom is 0.237 e. The molecule has 0 aliphatic carbocycles. The van der Waals surface area contributed by atoms with Gasteiger partial charge in [0.05, 0.1) is 13.2 Å². The smallest absolute Gasteiger partial charge is 0.237 e. The molecule has 4 nitrogen and oxygen atoms in total. The van der Waals surface area contributed by atoms with Gasteiger partial charge < -0.3 is 15.4 Å². The van der Waals surface area contributed by atoms with E-state index < -0.39 is 0 Å². The Labute approximate surface area is 108 Å². The molecule has 0 aromatic heterocycles. The Morgan fingerprint density at radius 3 is 3.00 bits per heavy atom. The average molecular weight is 248 g/mol. The highest BCUT2D eigenvalue weighted by Gasteiger charge is 2.21. The highest BCUT2D eigenvalue weighted by molar-refractivity contribution is 5.81. The summed E-state index contributed by atoms with van der Waals surface area (Å²) in [4.78, 5) is 11.9. The Kier molecular flexibility index (Phi) is 4.20. The van der Waals surface area contributed by atoms with Crippen LogP contribution in [0.5, 0.6) is 5.75 Å². The number of nitrogens with one attached hydrogen (secondary N) is 2. The number of hydrogen-bond acceptors (Lipinski definition) is 3. The van der Waals surface area contributed by atoms with Crippen LogP contribution >= 0.6 is 0 Å². The third-order valence-corrected chi connectivity index (χ3v) is 3.19. The minimum Gasteiger partial charge on any atom is -0.497 e. The SMILES string of the molecule is COc1cc(C)cc(CNC(=O)C2CCCN2)c1. The minimum absolute atomic E-state index is 0.0169. The van der Waals surface area contributed by atoms with Crippen LogP contribution in [0.2, 0.25) is 0 Å². The van der Waals surface area contributed by atoms with Gasteiger partial charge in [0.15, 0.2) is 0 Å². The second-order valence-corrected chi connectivity index (χ2v) is 4.73. The number of amides is 1. The van der Waals surface area contributed by atoms with Crippen LogP contribution in [0, 0.1) is 6.92 Å². The molecular formula is C14H20N2O2. The van der Waals surface area contributed by atoms with E-state index in [1.54, 1.807) is 7.11 Å². The first-order valence-electron chi connectivity index (χ1n) is 6.34. The van der Waals surface area contributed by atoms with Gasteiger partial charge in [-0.2, -0.15) is 0 Å². The first kappa shape index (κ1) is 12.9. The third kappa shape index (κ3) is 3.23. The molecular weight excluding hydrogens is 228 g/mol. The van der Waals surface area contributed by atoms with Gasteiger partial charge in [-0.15, -0.1) is 0 Å². The molecule has 1 atom stereocenters. The van der Waals surface area contributed by atoms with Gasteiger partial charge in [-0.05, 0) is 49.6 Å². The molecule has 0 spiro atoms. The van der Waals surface area contributed by atoms with Crippen LogP contribution < -0.4 is 15.4 Å². The summed E-state index contributed by atoms with van der Waals surface area (Å²) < 4.78 is 5.22. The van der Waals surface area contributed by atoms with E-state index in [1.807, 2.05) is 19.1 Å². The summed E-state index contributed by atoms with van der Waals surface area (Å²) in [7, 11) is 1.65. The Balaban J connectivity index is 1.92. The molecule has 1 aromatic rings. The monoisotopic (exact) mass is 248 g/mol. The van der Waals surface area contributed by atoms with Gasteiger partial charge >= 0.3 is 0 Å². The number of carbonyl (C=O) groups is 1. The second kappa shape index (κ2) is 5.87. The van der Waals surface area contributed by atoms with Gasteiger partial charge in [-0.3, -0.25) is 4.79 Å². The number of rotatable bonds is 4. The number of benzene rings is 1. The van der Waals surface area contributed by atoms with Crippen molar-refractivity contribution in [3.8, 4) is 5.75 Å². The molecule has 1 heterocycles. The molecule has 1 amide bonds. The number of carbonyl (C=O) groups excluding carboxylic acids is 1. The molecule has 0 saturated carbocycles. The van der Waals surface area contributed by atoms with Gasteiger partial charge in [0.2, 0.25) is 5.91 Å². The summed E-state index contributed by atoms with van der Waals surface area (Å²) in [5, 5.41) is 6.15. The van der Waals surface area contributed by atoms with E-state index in [0.29, 0.717) is 6.54 Å². The number of methoxy groups -OCH3 is 1. The van der Waals surface area contributed by atoms with E-state index in [0.717, 1.165) is 36.3 Å². The highest BCUT2D eigenvalue weighted by Crippen LogP contribution is 2.16.